The molecule has 0 spiro atoms. The zero-order chi connectivity index (χ0) is 17.2. The van der Waals surface area contributed by atoms with E-state index in [0.717, 1.165) is 28.3 Å². The summed E-state index contributed by atoms with van der Waals surface area (Å²) >= 11 is 0. The first kappa shape index (κ1) is 15.2. The van der Waals surface area contributed by atoms with Crippen LogP contribution in [-0.2, 0) is 0 Å². The second-order valence-electron chi connectivity index (χ2n) is 5.84. The summed E-state index contributed by atoms with van der Waals surface area (Å²) in [4.78, 5) is 12.2. The second kappa shape index (κ2) is 6.28. The van der Waals surface area contributed by atoms with Crippen LogP contribution in [0.5, 0.6) is 11.5 Å². The molecule has 0 atom stereocenters. The Kier molecular flexibility index (Phi) is 3.82. The van der Waals surface area contributed by atoms with Gasteiger partial charge in [-0.3, -0.25) is 9.89 Å². The van der Waals surface area contributed by atoms with Gasteiger partial charge in [-0.15, -0.1) is 0 Å². The van der Waals surface area contributed by atoms with Crippen molar-refractivity contribution < 1.29 is 14.3 Å². The number of benzene rings is 2. The van der Waals surface area contributed by atoms with Crippen LogP contribution in [0.2, 0.25) is 0 Å². The topological polar surface area (TPSA) is 64.2 Å². The van der Waals surface area contributed by atoms with Crippen LogP contribution >= 0.6 is 0 Å². The van der Waals surface area contributed by atoms with E-state index in [1.807, 2.05) is 55.5 Å². The van der Waals surface area contributed by atoms with Gasteiger partial charge in [0.05, 0.1) is 11.4 Å². The van der Waals surface area contributed by atoms with Crippen molar-refractivity contribution in [2.45, 2.75) is 6.92 Å². The molecule has 1 N–H and O–H groups in total. The second-order valence-corrected chi connectivity index (χ2v) is 5.84. The normalized spacial score (nSPS) is 12.7. The van der Waals surface area contributed by atoms with Gasteiger partial charge >= 0.3 is 0 Å². The summed E-state index contributed by atoms with van der Waals surface area (Å²) in [6.07, 6.45) is 3.27. The number of nitrogens with one attached hydrogen (secondary N) is 1. The minimum absolute atomic E-state index is 0.0424. The Morgan fingerprint density at radius 1 is 1.08 bits per heavy atom. The van der Waals surface area contributed by atoms with Crippen molar-refractivity contribution >= 4 is 11.9 Å². The Morgan fingerprint density at radius 3 is 2.72 bits per heavy atom. The molecule has 0 unspecified atom stereocenters. The number of aryl methyl sites for hydroxylation is 1. The third-order valence-electron chi connectivity index (χ3n) is 4.02. The number of H-pyrrole nitrogens is 1. The first-order valence-electron chi connectivity index (χ1n) is 7.93. The Bertz CT molecular complexity index is 955. The van der Waals surface area contributed by atoms with Gasteiger partial charge in [0, 0.05) is 11.1 Å². The predicted molar refractivity (Wildman–Crippen MR) is 94.7 cm³/mol. The lowest BCUT2D eigenvalue weighted by Gasteiger charge is -1.98. The molecule has 2 heterocycles. The van der Waals surface area contributed by atoms with Gasteiger partial charge in [0.25, 0.3) is 0 Å². The molecule has 0 radical (unpaired) electrons. The molecule has 5 nitrogen and oxygen atoms in total. The number of ether oxygens (including phenoxy) is 2. The Hall–Kier alpha value is -3.34. The number of carbonyl (C=O) groups is 1. The van der Waals surface area contributed by atoms with Crippen LogP contribution in [0.15, 0.2) is 54.6 Å². The van der Waals surface area contributed by atoms with Gasteiger partial charge < -0.3 is 9.47 Å². The zero-order valence-corrected chi connectivity index (χ0v) is 13.7. The van der Waals surface area contributed by atoms with Crippen LogP contribution in [-0.4, -0.2) is 22.8 Å². The van der Waals surface area contributed by atoms with Gasteiger partial charge in [-0.05, 0) is 43.3 Å². The number of hydrogen-bond acceptors (Lipinski definition) is 4. The monoisotopic (exact) mass is 332 g/mol. The molecule has 0 saturated heterocycles. The Balaban J connectivity index is 1.51. The van der Waals surface area contributed by atoms with Gasteiger partial charge in [0.2, 0.25) is 6.79 Å². The predicted octanol–water partition coefficient (Wildman–Crippen LogP) is 4.01. The van der Waals surface area contributed by atoms with E-state index in [2.05, 4.69) is 10.2 Å². The van der Waals surface area contributed by atoms with E-state index in [1.165, 1.54) is 0 Å². The van der Waals surface area contributed by atoms with Crippen LogP contribution in [0.4, 0.5) is 0 Å². The molecule has 0 amide bonds. The smallest absolute Gasteiger partial charge is 0.231 e. The van der Waals surface area contributed by atoms with Crippen LogP contribution in [0.25, 0.3) is 17.3 Å². The molecule has 0 aliphatic carbocycles. The van der Waals surface area contributed by atoms with Gasteiger partial charge in [-0.1, -0.05) is 29.8 Å². The van der Waals surface area contributed by atoms with E-state index in [0.29, 0.717) is 11.3 Å². The number of fused-ring (bicyclic) bond motifs is 1. The molecule has 1 aromatic heterocycles. The molecule has 3 aromatic rings. The van der Waals surface area contributed by atoms with Crippen molar-refractivity contribution in [2.24, 2.45) is 0 Å². The van der Waals surface area contributed by atoms with Crippen molar-refractivity contribution in [1.29, 1.82) is 0 Å². The molecule has 1 aliphatic rings. The molecule has 0 bridgehead atoms. The lowest BCUT2D eigenvalue weighted by molar-refractivity contribution is 0.104. The van der Waals surface area contributed by atoms with Crippen molar-refractivity contribution in [1.82, 2.24) is 10.2 Å². The van der Waals surface area contributed by atoms with Crippen molar-refractivity contribution in [2.75, 3.05) is 6.79 Å². The van der Waals surface area contributed by atoms with Gasteiger partial charge in [-0.25, -0.2) is 0 Å². The quantitative estimate of drug-likeness (QED) is 0.579. The standard InChI is InChI=1S/C20H16N2O3/c1-13-2-4-14(5-3-13)18(23)8-7-16-11-17(22-21-16)15-6-9-19-20(10-15)25-12-24-19/h2-11H,12H2,1H3,(H,21,22)/b8-7+. The van der Waals surface area contributed by atoms with Crippen LogP contribution < -0.4 is 9.47 Å². The van der Waals surface area contributed by atoms with Gasteiger partial charge in [0.1, 0.15) is 0 Å². The maximum Gasteiger partial charge on any atom is 0.231 e. The molecule has 0 saturated carbocycles. The summed E-state index contributed by atoms with van der Waals surface area (Å²) in [6, 6.07) is 15.1. The first-order chi connectivity index (χ1) is 12.2. The largest absolute Gasteiger partial charge is 0.454 e. The number of hydrogen-bond donors (Lipinski definition) is 1. The molecule has 25 heavy (non-hydrogen) atoms. The van der Waals surface area contributed by atoms with Crippen LogP contribution in [0.3, 0.4) is 0 Å². The van der Waals surface area contributed by atoms with E-state index in [9.17, 15) is 4.79 Å². The molecule has 2 aromatic carbocycles. The van der Waals surface area contributed by atoms with Crippen LogP contribution in [0, 0.1) is 6.92 Å². The highest BCUT2D eigenvalue weighted by Gasteiger charge is 2.14. The minimum Gasteiger partial charge on any atom is -0.454 e. The zero-order valence-electron chi connectivity index (χ0n) is 13.7. The highest BCUT2D eigenvalue weighted by atomic mass is 16.7. The number of aromatic nitrogens is 2. The molecule has 4 rings (SSSR count). The Labute approximate surface area is 144 Å². The molecule has 1 aliphatic heterocycles. The Morgan fingerprint density at radius 2 is 1.88 bits per heavy atom. The summed E-state index contributed by atoms with van der Waals surface area (Å²) in [6.45, 7) is 2.24. The summed E-state index contributed by atoms with van der Waals surface area (Å²) in [7, 11) is 0. The van der Waals surface area contributed by atoms with Crippen LogP contribution in [0.1, 0.15) is 21.6 Å². The summed E-state index contributed by atoms with van der Waals surface area (Å²) < 4.78 is 10.7. The molecular formula is C20H16N2O3. The van der Waals surface area contributed by atoms with E-state index in [-0.39, 0.29) is 12.6 Å². The third-order valence-corrected chi connectivity index (χ3v) is 4.02. The number of nitrogens with zero attached hydrogens (tertiary/aromatic N) is 1. The maximum absolute atomic E-state index is 12.2. The average Bonchev–Trinajstić information content (AvgIpc) is 3.28. The highest BCUT2D eigenvalue weighted by Crippen LogP contribution is 2.35. The number of rotatable bonds is 4. The van der Waals surface area contributed by atoms with Gasteiger partial charge in [0.15, 0.2) is 17.3 Å². The SMILES string of the molecule is Cc1ccc(C(=O)/C=C/c2cc(-c3ccc4c(c3)OCO4)n[nH]2)cc1. The van der Waals surface area contributed by atoms with Crippen molar-refractivity contribution in [3.63, 3.8) is 0 Å². The lowest BCUT2D eigenvalue weighted by atomic mass is 10.1. The summed E-state index contributed by atoms with van der Waals surface area (Å²) in [5, 5.41) is 7.22. The summed E-state index contributed by atoms with van der Waals surface area (Å²) in [5.74, 6) is 1.41. The first-order valence-corrected chi connectivity index (χ1v) is 7.93. The fraction of sp³-hybridized carbons (Fsp3) is 0.100. The average molecular weight is 332 g/mol. The van der Waals surface area contributed by atoms with E-state index >= 15 is 0 Å². The molecule has 124 valence electrons. The van der Waals surface area contributed by atoms with E-state index in [4.69, 9.17) is 9.47 Å². The molecular weight excluding hydrogens is 316 g/mol. The minimum atomic E-state index is -0.0424. The number of ketones is 1. The fourth-order valence-corrected chi connectivity index (χ4v) is 2.61. The molecule has 0 fully saturated rings. The third kappa shape index (κ3) is 3.17. The number of carbonyl (C=O) groups excluding carboxylic acids is 1. The number of allylic oxidation sites excluding steroid dienone is 1. The fourth-order valence-electron chi connectivity index (χ4n) is 2.61. The highest BCUT2D eigenvalue weighted by molar-refractivity contribution is 6.06. The van der Waals surface area contributed by atoms with Crippen molar-refractivity contribution in [3.8, 4) is 22.8 Å². The van der Waals surface area contributed by atoms with Gasteiger partial charge in [-0.2, -0.15) is 5.10 Å². The summed E-state index contributed by atoms with van der Waals surface area (Å²) in [5.41, 5.74) is 4.25. The molecule has 5 heteroatoms. The van der Waals surface area contributed by atoms with E-state index < -0.39 is 0 Å². The van der Waals surface area contributed by atoms with Crippen molar-refractivity contribution in [3.05, 3.63) is 71.4 Å². The maximum atomic E-state index is 12.2. The lowest BCUT2D eigenvalue weighted by Crippen LogP contribution is -1.93. The number of aromatic amines is 1. The van der Waals surface area contributed by atoms with E-state index in [1.54, 1.807) is 12.2 Å².